The lowest BCUT2D eigenvalue weighted by atomic mass is 10.1. The van der Waals surface area contributed by atoms with Crippen molar-refractivity contribution in [2.24, 2.45) is 0 Å². The summed E-state index contributed by atoms with van der Waals surface area (Å²) in [4.78, 5) is 10.9. The van der Waals surface area contributed by atoms with Crippen LogP contribution in [0, 0.1) is 0 Å². The van der Waals surface area contributed by atoms with Crippen LogP contribution >= 0.6 is 0 Å². The number of anilines is 1. The first-order valence-corrected chi connectivity index (χ1v) is 11.4. The maximum atomic E-state index is 6.33. The van der Waals surface area contributed by atoms with Gasteiger partial charge in [0.15, 0.2) is 23.0 Å². The van der Waals surface area contributed by atoms with E-state index in [0.29, 0.717) is 25.2 Å². The molecule has 5 aromatic rings. The van der Waals surface area contributed by atoms with E-state index in [4.69, 9.17) is 14.6 Å². The van der Waals surface area contributed by atoms with Crippen molar-refractivity contribution in [1.29, 1.82) is 0 Å². The van der Waals surface area contributed by atoms with Crippen LogP contribution in [0.3, 0.4) is 0 Å². The first kappa shape index (κ1) is 21.0. The van der Waals surface area contributed by atoms with Gasteiger partial charge in [0, 0.05) is 37.1 Å². The standard InChI is InChI=1S/C26H23N7O2/c1-34-20-6-4-18(5-7-20)16-32-17-21(35-23-3-2-12-28-26(23)32)15-25-30-29-24-9-8-22(31-33(24)25)19-10-13-27-14-11-19/h2-14,21H,15-17H2,1H3. The molecule has 0 saturated carbocycles. The highest BCUT2D eigenvalue weighted by Gasteiger charge is 2.28. The van der Waals surface area contributed by atoms with Crippen LogP contribution in [0.5, 0.6) is 11.5 Å². The SMILES string of the molecule is COc1ccc(CN2CC(Cc3nnc4ccc(-c5ccncc5)nn34)Oc3cccnc32)cc1. The van der Waals surface area contributed by atoms with Gasteiger partial charge in [0.25, 0.3) is 0 Å². The normalized spacial score (nSPS) is 15.0. The van der Waals surface area contributed by atoms with Gasteiger partial charge < -0.3 is 14.4 Å². The van der Waals surface area contributed by atoms with E-state index in [-0.39, 0.29) is 6.10 Å². The maximum absolute atomic E-state index is 6.33. The van der Waals surface area contributed by atoms with Crippen molar-refractivity contribution in [3.05, 3.63) is 90.6 Å². The smallest absolute Gasteiger partial charge is 0.177 e. The number of benzene rings is 1. The molecule has 9 nitrogen and oxygen atoms in total. The average Bonchev–Trinajstić information content (AvgIpc) is 3.31. The molecule has 0 saturated heterocycles. The van der Waals surface area contributed by atoms with Gasteiger partial charge in [0.05, 0.1) is 19.3 Å². The monoisotopic (exact) mass is 465 g/mol. The highest BCUT2D eigenvalue weighted by molar-refractivity contribution is 5.59. The van der Waals surface area contributed by atoms with Gasteiger partial charge in [-0.25, -0.2) is 4.98 Å². The molecule has 1 aromatic carbocycles. The van der Waals surface area contributed by atoms with Gasteiger partial charge in [-0.05, 0) is 54.1 Å². The highest BCUT2D eigenvalue weighted by Crippen LogP contribution is 2.33. The Morgan fingerprint density at radius 1 is 0.971 bits per heavy atom. The molecular weight excluding hydrogens is 442 g/mol. The van der Waals surface area contributed by atoms with Crippen molar-refractivity contribution >= 4 is 11.5 Å². The zero-order valence-corrected chi connectivity index (χ0v) is 19.2. The van der Waals surface area contributed by atoms with E-state index in [2.05, 4.69) is 37.2 Å². The number of hydrogen-bond acceptors (Lipinski definition) is 8. The highest BCUT2D eigenvalue weighted by atomic mass is 16.5. The van der Waals surface area contributed by atoms with Crippen LogP contribution in [0.2, 0.25) is 0 Å². The predicted molar refractivity (Wildman–Crippen MR) is 130 cm³/mol. The van der Waals surface area contributed by atoms with Gasteiger partial charge in [-0.1, -0.05) is 12.1 Å². The summed E-state index contributed by atoms with van der Waals surface area (Å²) in [5.74, 6) is 3.18. The molecule has 35 heavy (non-hydrogen) atoms. The zero-order valence-electron chi connectivity index (χ0n) is 19.2. The quantitative estimate of drug-likeness (QED) is 0.376. The molecule has 0 spiro atoms. The van der Waals surface area contributed by atoms with Crippen molar-refractivity contribution in [3.63, 3.8) is 0 Å². The molecule has 174 valence electrons. The Bertz CT molecular complexity index is 1450. The van der Waals surface area contributed by atoms with Gasteiger partial charge in [-0.3, -0.25) is 4.98 Å². The summed E-state index contributed by atoms with van der Waals surface area (Å²) in [7, 11) is 1.67. The van der Waals surface area contributed by atoms with Gasteiger partial charge in [0.1, 0.15) is 11.9 Å². The van der Waals surface area contributed by atoms with Crippen molar-refractivity contribution in [2.45, 2.75) is 19.1 Å². The van der Waals surface area contributed by atoms with Crippen LogP contribution < -0.4 is 14.4 Å². The summed E-state index contributed by atoms with van der Waals surface area (Å²) in [5, 5.41) is 13.5. The molecule has 5 heterocycles. The lowest BCUT2D eigenvalue weighted by Gasteiger charge is -2.35. The topological polar surface area (TPSA) is 90.6 Å². The summed E-state index contributed by atoms with van der Waals surface area (Å²) in [6.45, 7) is 1.37. The molecule has 1 aliphatic heterocycles. The van der Waals surface area contributed by atoms with Crippen LogP contribution in [-0.2, 0) is 13.0 Å². The molecule has 1 unspecified atom stereocenters. The third kappa shape index (κ3) is 4.23. The largest absolute Gasteiger partial charge is 0.497 e. The minimum atomic E-state index is -0.135. The minimum Gasteiger partial charge on any atom is -0.497 e. The van der Waals surface area contributed by atoms with Crippen molar-refractivity contribution in [3.8, 4) is 22.8 Å². The van der Waals surface area contributed by atoms with Crippen molar-refractivity contribution in [2.75, 3.05) is 18.6 Å². The third-order valence-corrected chi connectivity index (χ3v) is 6.01. The second-order valence-electron chi connectivity index (χ2n) is 8.34. The molecule has 0 fully saturated rings. The lowest BCUT2D eigenvalue weighted by molar-refractivity contribution is 0.188. The van der Waals surface area contributed by atoms with Crippen LogP contribution in [0.4, 0.5) is 5.82 Å². The first-order valence-electron chi connectivity index (χ1n) is 11.4. The summed E-state index contributed by atoms with van der Waals surface area (Å²) in [5.41, 5.74) is 3.69. The molecule has 9 heteroatoms. The molecule has 4 aromatic heterocycles. The van der Waals surface area contributed by atoms with E-state index < -0.39 is 0 Å². The van der Waals surface area contributed by atoms with E-state index in [1.165, 1.54) is 5.56 Å². The van der Waals surface area contributed by atoms with Crippen molar-refractivity contribution < 1.29 is 9.47 Å². The summed E-state index contributed by atoms with van der Waals surface area (Å²) in [6, 6.07) is 19.7. The third-order valence-electron chi connectivity index (χ3n) is 6.01. The summed E-state index contributed by atoms with van der Waals surface area (Å²) < 4.78 is 13.4. The molecule has 0 N–H and O–H groups in total. The van der Waals surface area contributed by atoms with Gasteiger partial charge >= 0.3 is 0 Å². The van der Waals surface area contributed by atoms with Crippen LogP contribution in [-0.4, -0.2) is 49.5 Å². The lowest BCUT2D eigenvalue weighted by Crippen LogP contribution is -2.41. The number of methoxy groups -OCH3 is 1. The molecule has 6 rings (SSSR count). The second kappa shape index (κ2) is 9.02. The van der Waals surface area contributed by atoms with E-state index in [0.717, 1.165) is 34.4 Å². The average molecular weight is 466 g/mol. The fourth-order valence-electron chi connectivity index (χ4n) is 4.30. The van der Waals surface area contributed by atoms with E-state index in [1.807, 2.05) is 48.5 Å². The van der Waals surface area contributed by atoms with Crippen LogP contribution in [0.15, 0.2) is 79.3 Å². The maximum Gasteiger partial charge on any atom is 0.177 e. The van der Waals surface area contributed by atoms with Gasteiger partial charge in [-0.2, -0.15) is 9.61 Å². The Kier molecular flexibility index (Phi) is 5.42. The molecule has 1 atom stereocenters. The molecule has 0 bridgehead atoms. The molecule has 0 aliphatic carbocycles. The fourth-order valence-corrected chi connectivity index (χ4v) is 4.30. The predicted octanol–water partition coefficient (Wildman–Crippen LogP) is 3.60. The number of fused-ring (bicyclic) bond motifs is 2. The second-order valence-corrected chi connectivity index (χ2v) is 8.34. The Balaban J connectivity index is 1.27. The summed E-state index contributed by atoms with van der Waals surface area (Å²) in [6.07, 6.45) is 5.73. The Morgan fingerprint density at radius 2 is 1.83 bits per heavy atom. The van der Waals surface area contributed by atoms with Crippen molar-refractivity contribution in [1.82, 2.24) is 29.8 Å². The van der Waals surface area contributed by atoms with Crippen LogP contribution in [0.25, 0.3) is 16.9 Å². The Labute approximate surface area is 202 Å². The minimum absolute atomic E-state index is 0.135. The Hall–Kier alpha value is -4.53. The Morgan fingerprint density at radius 3 is 2.66 bits per heavy atom. The van der Waals surface area contributed by atoms with E-state index >= 15 is 0 Å². The number of pyridine rings is 2. The number of ether oxygens (including phenoxy) is 2. The zero-order chi connectivity index (χ0) is 23.6. The molecular formula is C26H23N7O2. The molecule has 1 aliphatic rings. The van der Waals surface area contributed by atoms with E-state index in [1.54, 1.807) is 30.2 Å². The number of aromatic nitrogens is 6. The van der Waals surface area contributed by atoms with Gasteiger partial charge in [-0.15, -0.1) is 10.2 Å². The molecule has 0 radical (unpaired) electrons. The number of rotatable bonds is 6. The fraction of sp³-hybridized carbons (Fsp3) is 0.192. The summed E-state index contributed by atoms with van der Waals surface area (Å²) >= 11 is 0. The molecule has 0 amide bonds. The van der Waals surface area contributed by atoms with Gasteiger partial charge in [0.2, 0.25) is 0 Å². The number of hydrogen-bond donors (Lipinski definition) is 0. The van der Waals surface area contributed by atoms with E-state index in [9.17, 15) is 0 Å². The first-order chi connectivity index (χ1) is 17.3. The number of nitrogens with zero attached hydrogens (tertiary/aromatic N) is 7. The van der Waals surface area contributed by atoms with Crippen LogP contribution in [0.1, 0.15) is 11.4 Å².